The maximum absolute atomic E-state index is 8.34. The molecule has 2 aromatic rings. The van der Waals surface area contributed by atoms with E-state index in [-0.39, 0.29) is 0 Å². The van der Waals surface area contributed by atoms with Crippen LogP contribution in [0, 0.1) is 11.3 Å². The summed E-state index contributed by atoms with van der Waals surface area (Å²) in [6.45, 7) is 8.55. The van der Waals surface area contributed by atoms with Gasteiger partial charge in [-0.15, -0.1) is 0 Å². The SMILES string of the molecule is CN/C=C1/C=C(c2ccc3cc(N4CCC(C)C4)cnc3n2)C(C)=C(C)C1=N. The van der Waals surface area contributed by atoms with E-state index in [1.807, 2.05) is 32.4 Å². The van der Waals surface area contributed by atoms with Gasteiger partial charge in [0.05, 0.1) is 23.3 Å². The summed E-state index contributed by atoms with van der Waals surface area (Å²) < 4.78 is 0. The van der Waals surface area contributed by atoms with Gasteiger partial charge in [0.1, 0.15) is 0 Å². The molecule has 28 heavy (non-hydrogen) atoms. The molecule has 1 aliphatic carbocycles. The van der Waals surface area contributed by atoms with Gasteiger partial charge in [0.2, 0.25) is 0 Å². The van der Waals surface area contributed by atoms with Crippen LogP contribution in [0.25, 0.3) is 16.6 Å². The lowest BCUT2D eigenvalue weighted by Crippen LogP contribution is -2.19. The Bertz CT molecular complexity index is 1040. The average molecular weight is 374 g/mol. The monoisotopic (exact) mass is 373 g/mol. The molecule has 1 aliphatic heterocycles. The lowest BCUT2D eigenvalue weighted by molar-refractivity contribution is 0.659. The second-order valence-corrected chi connectivity index (χ2v) is 7.85. The van der Waals surface area contributed by atoms with E-state index in [9.17, 15) is 0 Å². The van der Waals surface area contributed by atoms with Crippen LogP contribution in [0.1, 0.15) is 32.9 Å². The van der Waals surface area contributed by atoms with Gasteiger partial charge in [0.25, 0.3) is 0 Å². The lowest BCUT2D eigenvalue weighted by atomic mass is 9.86. The molecule has 2 aliphatic rings. The van der Waals surface area contributed by atoms with Crippen LogP contribution in [0.3, 0.4) is 0 Å². The van der Waals surface area contributed by atoms with Crippen LogP contribution in [-0.4, -0.2) is 35.8 Å². The van der Waals surface area contributed by atoms with Crippen molar-refractivity contribution in [2.75, 3.05) is 25.0 Å². The molecule has 1 fully saturated rings. The molecule has 144 valence electrons. The van der Waals surface area contributed by atoms with E-state index in [1.54, 1.807) is 0 Å². The van der Waals surface area contributed by atoms with E-state index in [2.05, 4.69) is 47.2 Å². The highest BCUT2D eigenvalue weighted by atomic mass is 15.2. The third kappa shape index (κ3) is 3.21. The Morgan fingerprint density at radius 1 is 1.25 bits per heavy atom. The maximum Gasteiger partial charge on any atom is 0.159 e. The Morgan fingerprint density at radius 2 is 2.07 bits per heavy atom. The molecule has 0 spiro atoms. The van der Waals surface area contributed by atoms with Crippen molar-refractivity contribution < 1.29 is 0 Å². The van der Waals surface area contributed by atoms with E-state index in [0.29, 0.717) is 5.71 Å². The van der Waals surface area contributed by atoms with Gasteiger partial charge in [-0.05, 0) is 61.6 Å². The standard InChI is InChI=1S/C23H27N5/c1-14-7-8-28(13-14)19-9-17-5-6-21(27-23(17)26-12-19)20-10-18(11-25-4)22(24)16(3)15(20)2/h5-6,9-12,14,24-25H,7-8,13H2,1-4H3/b18-11-,24-22?. The normalized spacial score (nSPS) is 21.6. The highest BCUT2D eigenvalue weighted by Crippen LogP contribution is 2.33. The molecule has 0 bridgehead atoms. The lowest BCUT2D eigenvalue weighted by Gasteiger charge is -2.20. The van der Waals surface area contributed by atoms with Gasteiger partial charge in [-0.3, -0.25) is 5.41 Å². The minimum Gasteiger partial charge on any atom is -0.393 e. The third-order valence-corrected chi connectivity index (χ3v) is 5.82. The summed E-state index contributed by atoms with van der Waals surface area (Å²) in [5.41, 5.74) is 7.39. The molecule has 0 saturated carbocycles. The third-order valence-electron chi connectivity index (χ3n) is 5.82. The maximum atomic E-state index is 8.34. The summed E-state index contributed by atoms with van der Waals surface area (Å²) in [4.78, 5) is 11.9. The van der Waals surface area contributed by atoms with Crippen molar-refractivity contribution in [2.45, 2.75) is 27.2 Å². The number of allylic oxidation sites excluding steroid dienone is 5. The predicted molar refractivity (Wildman–Crippen MR) is 117 cm³/mol. The quantitative estimate of drug-likeness (QED) is 0.840. The Balaban J connectivity index is 1.72. The van der Waals surface area contributed by atoms with Gasteiger partial charge in [-0.25, -0.2) is 9.97 Å². The number of anilines is 1. The van der Waals surface area contributed by atoms with Gasteiger partial charge in [0, 0.05) is 42.9 Å². The zero-order chi connectivity index (χ0) is 19.8. The van der Waals surface area contributed by atoms with Crippen molar-refractivity contribution in [2.24, 2.45) is 5.92 Å². The number of nitrogens with zero attached hydrogens (tertiary/aromatic N) is 3. The molecule has 1 unspecified atom stereocenters. The number of fused-ring (bicyclic) bond motifs is 1. The molecule has 1 saturated heterocycles. The number of hydrogen-bond donors (Lipinski definition) is 2. The van der Waals surface area contributed by atoms with Crippen molar-refractivity contribution >= 4 is 28.0 Å². The smallest absolute Gasteiger partial charge is 0.159 e. The van der Waals surface area contributed by atoms with Crippen LogP contribution in [0.4, 0.5) is 5.69 Å². The number of pyridine rings is 2. The van der Waals surface area contributed by atoms with Gasteiger partial charge in [-0.1, -0.05) is 6.92 Å². The first-order valence-electron chi connectivity index (χ1n) is 9.86. The van der Waals surface area contributed by atoms with Crippen molar-refractivity contribution in [3.05, 3.63) is 59.1 Å². The van der Waals surface area contributed by atoms with Crippen LogP contribution in [0.5, 0.6) is 0 Å². The molecule has 0 radical (unpaired) electrons. The summed E-state index contributed by atoms with van der Waals surface area (Å²) in [7, 11) is 1.85. The zero-order valence-electron chi connectivity index (χ0n) is 17.0. The van der Waals surface area contributed by atoms with Crippen molar-refractivity contribution in [3.63, 3.8) is 0 Å². The van der Waals surface area contributed by atoms with E-state index < -0.39 is 0 Å². The van der Waals surface area contributed by atoms with Crippen molar-refractivity contribution in [1.29, 1.82) is 5.41 Å². The van der Waals surface area contributed by atoms with Crippen LogP contribution in [-0.2, 0) is 0 Å². The topological polar surface area (TPSA) is 64.9 Å². The molecule has 5 heteroatoms. The fourth-order valence-electron chi connectivity index (χ4n) is 3.97. The summed E-state index contributed by atoms with van der Waals surface area (Å²) in [6.07, 6.45) is 7.09. The molecule has 1 atom stereocenters. The molecule has 2 aromatic heterocycles. The number of hydrogen-bond acceptors (Lipinski definition) is 5. The summed E-state index contributed by atoms with van der Waals surface area (Å²) in [5.74, 6) is 0.742. The fraction of sp³-hybridized carbons (Fsp3) is 0.348. The first-order chi connectivity index (χ1) is 13.5. The molecule has 2 N–H and O–H groups in total. The van der Waals surface area contributed by atoms with Crippen molar-refractivity contribution in [1.82, 2.24) is 15.3 Å². The highest BCUT2D eigenvalue weighted by Gasteiger charge is 2.21. The Kier molecular flexibility index (Phi) is 4.75. The highest BCUT2D eigenvalue weighted by molar-refractivity contribution is 6.17. The minimum absolute atomic E-state index is 0.555. The first-order valence-corrected chi connectivity index (χ1v) is 9.86. The molecule has 4 rings (SSSR count). The Hall–Kier alpha value is -2.95. The molecule has 3 heterocycles. The molecule has 0 aromatic carbocycles. The number of nitrogens with one attached hydrogen (secondary N) is 2. The van der Waals surface area contributed by atoms with Crippen LogP contribution in [0.15, 0.2) is 53.4 Å². The minimum atomic E-state index is 0.555. The van der Waals surface area contributed by atoms with Crippen LogP contribution in [0.2, 0.25) is 0 Å². The van der Waals surface area contributed by atoms with E-state index in [0.717, 1.165) is 58.0 Å². The van der Waals surface area contributed by atoms with E-state index >= 15 is 0 Å². The van der Waals surface area contributed by atoms with Gasteiger partial charge < -0.3 is 10.2 Å². The first kappa shape index (κ1) is 18.4. The van der Waals surface area contributed by atoms with Crippen molar-refractivity contribution in [3.8, 4) is 0 Å². The van der Waals surface area contributed by atoms with E-state index in [1.165, 1.54) is 12.1 Å². The molecular formula is C23H27N5. The average Bonchev–Trinajstić information content (AvgIpc) is 3.14. The van der Waals surface area contributed by atoms with Gasteiger partial charge in [0.15, 0.2) is 5.65 Å². The summed E-state index contributed by atoms with van der Waals surface area (Å²) in [6, 6.07) is 6.37. The molecular weight excluding hydrogens is 346 g/mol. The number of aromatic nitrogens is 2. The molecule has 5 nitrogen and oxygen atoms in total. The van der Waals surface area contributed by atoms with Crippen LogP contribution < -0.4 is 10.2 Å². The van der Waals surface area contributed by atoms with Crippen LogP contribution >= 0.6 is 0 Å². The second-order valence-electron chi connectivity index (χ2n) is 7.85. The van der Waals surface area contributed by atoms with Gasteiger partial charge in [-0.2, -0.15) is 0 Å². The van der Waals surface area contributed by atoms with Gasteiger partial charge >= 0.3 is 0 Å². The summed E-state index contributed by atoms with van der Waals surface area (Å²) >= 11 is 0. The Labute approximate surface area is 166 Å². The number of rotatable bonds is 3. The predicted octanol–water partition coefficient (Wildman–Crippen LogP) is 4.33. The Morgan fingerprint density at radius 3 is 2.79 bits per heavy atom. The fourth-order valence-corrected chi connectivity index (χ4v) is 3.97. The largest absolute Gasteiger partial charge is 0.393 e. The summed E-state index contributed by atoms with van der Waals surface area (Å²) in [5, 5.41) is 12.4. The molecule has 0 amide bonds. The van der Waals surface area contributed by atoms with E-state index in [4.69, 9.17) is 10.4 Å². The zero-order valence-corrected chi connectivity index (χ0v) is 17.0. The second kappa shape index (κ2) is 7.23.